The molecule has 2 amide bonds. The zero-order valence-electron chi connectivity index (χ0n) is 17.6. The molecule has 30 heavy (non-hydrogen) atoms. The van der Waals surface area contributed by atoms with Crippen LogP contribution in [0.1, 0.15) is 45.1 Å². The molecule has 0 aliphatic carbocycles. The molecule has 1 fully saturated rings. The van der Waals surface area contributed by atoms with E-state index in [1.54, 1.807) is 35.0 Å². The SMILES string of the molecule is CCCC1CC(=O)NC(n2nc(C)cc2NC(=O)COc2ccc(OCC)cc2)N1. The Morgan fingerprint density at radius 1 is 1.23 bits per heavy atom. The van der Waals surface area contributed by atoms with E-state index in [1.165, 1.54) is 0 Å². The quantitative estimate of drug-likeness (QED) is 0.580. The van der Waals surface area contributed by atoms with Crippen LogP contribution in [0.5, 0.6) is 11.5 Å². The second-order valence-electron chi connectivity index (χ2n) is 7.18. The summed E-state index contributed by atoms with van der Waals surface area (Å²) in [7, 11) is 0. The Kier molecular flexibility index (Phi) is 7.29. The zero-order valence-corrected chi connectivity index (χ0v) is 17.6. The van der Waals surface area contributed by atoms with Crippen LogP contribution >= 0.6 is 0 Å². The number of rotatable bonds is 9. The first-order valence-corrected chi connectivity index (χ1v) is 10.3. The summed E-state index contributed by atoms with van der Waals surface area (Å²) in [5.74, 6) is 1.44. The molecular weight excluding hydrogens is 386 g/mol. The maximum Gasteiger partial charge on any atom is 0.263 e. The summed E-state index contributed by atoms with van der Waals surface area (Å²) in [6.45, 7) is 6.26. The summed E-state index contributed by atoms with van der Waals surface area (Å²) in [6.07, 6.45) is 1.78. The van der Waals surface area contributed by atoms with Crippen LogP contribution in [0.3, 0.4) is 0 Å². The van der Waals surface area contributed by atoms with Gasteiger partial charge in [-0.25, -0.2) is 4.68 Å². The van der Waals surface area contributed by atoms with Crippen molar-refractivity contribution in [2.75, 3.05) is 18.5 Å². The highest BCUT2D eigenvalue weighted by molar-refractivity contribution is 5.91. The number of benzene rings is 1. The molecule has 0 saturated carbocycles. The minimum Gasteiger partial charge on any atom is -0.494 e. The zero-order chi connectivity index (χ0) is 21.5. The van der Waals surface area contributed by atoms with Crippen LogP contribution in [0.25, 0.3) is 0 Å². The molecule has 1 aliphatic rings. The first-order valence-electron chi connectivity index (χ1n) is 10.3. The third-order valence-corrected chi connectivity index (χ3v) is 4.63. The third-order valence-electron chi connectivity index (χ3n) is 4.63. The Labute approximate surface area is 176 Å². The Morgan fingerprint density at radius 3 is 2.60 bits per heavy atom. The summed E-state index contributed by atoms with van der Waals surface area (Å²) < 4.78 is 12.5. The predicted octanol–water partition coefficient (Wildman–Crippen LogP) is 2.34. The van der Waals surface area contributed by atoms with Crippen molar-refractivity contribution in [3.8, 4) is 11.5 Å². The van der Waals surface area contributed by atoms with Gasteiger partial charge in [-0.3, -0.25) is 14.9 Å². The number of nitrogens with zero attached hydrogens (tertiary/aromatic N) is 2. The summed E-state index contributed by atoms with van der Waals surface area (Å²) in [6, 6.07) is 8.92. The normalized spacial score (nSPS) is 18.6. The highest BCUT2D eigenvalue weighted by atomic mass is 16.5. The first-order chi connectivity index (χ1) is 14.5. The van der Waals surface area contributed by atoms with Gasteiger partial charge in [0, 0.05) is 18.5 Å². The van der Waals surface area contributed by atoms with E-state index in [9.17, 15) is 9.59 Å². The third kappa shape index (κ3) is 5.73. The van der Waals surface area contributed by atoms with Crippen molar-refractivity contribution in [1.29, 1.82) is 0 Å². The summed E-state index contributed by atoms with van der Waals surface area (Å²) in [5.41, 5.74) is 0.728. The van der Waals surface area contributed by atoms with Gasteiger partial charge in [-0.15, -0.1) is 0 Å². The van der Waals surface area contributed by atoms with E-state index >= 15 is 0 Å². The molecule has 1 aliphatic heterocycles. The smallest absolute Gasteiger partial charge is 0.263 e. The molecule has 1 aromatic heterocycles. The molecule has 1 aromatic carbocycles. The molecule has 2 aromatic rings. The number of amides is 2. The van der Waals surface area contributed by atoms with Crippen LogP contribution in [0.15, 0.2) is 30.3 Å². The van der Waals surface area contributed by atoms with E-state index in [4.69, 9.17) is 9.47 Å². The molecule has 3 N–H and O–H groups in total. The van der Waals surface area contributed by atoms with Gasteiger partial charge >= 0.3 is 0 Å². The standard InChI is InChI=1S/C21H29N5O4/c1-4-6-15-12-19(27)24-21(22-15)26-18(11-14(3)25-26)23-20(28)13-30-17-9-7-16(8-10-17)29-5-2/h7-11,15,21-22H,4-6,12-13H2,1-3H3,(H,23,28)(H,24,27). The highest BCUT2D eigenvalue weighted by Gasteiger charge is 2.28. The maximum absolute atomic E-state index is 12.4. The van der Waals surface area contributed by atoms with Crippen LogP contribution < -0.4 is 25.4 Å². The van der Waals surface area contributed by atoms with E-state index in [0.717, 1.165) is 24.3 Å². The van der Waals surface area contributed by atoms with Gasteiger partial charge in [-0.2, -0.15) is 5.10 Å². The minimum absolute atomic E-state index is 0.0403. The first kappa shape index (κ1) is 21.6. The molecule has 9 nitrogen and oxygen atoms in total. The van der Waals surface area contributed by atoms with E-state index in [-0.39, 0.29) is 24.5 Å². The molecule has 0 spiro atoms. The van der Waals surface area contributed by atoms with Crippen LogP contribution in [0.2, 0.25) is 0 Å². The molecule has 3 rings (SSSR count). The van der Waals surface area contributed by atoms with Crippen molar-refractivity contribution in [3.05, 3.63) is 36.0 Å². The molecule has 2 heterocycles. The number of nitrogens with one attached hydrogen (secondary N) is 3. The number of carbonyl (C=O) groups is 2. The van der Waals surface area contributed by atoms with Gasteiger partial charge in [-0.05, 0) is 44.5 Å². The van der Waals surface area contributed by atoms with Gasteiger partial charge in [0.25, 0.3) is 5.91 Å². The number of anilines is 1. The molecule has 0 radical (unpaired) electrons. The van der Waals surface area contributed by atoms with Gasteiger partial charge in [0.05, 0.1) is 12.3 Å². The second-order valence-corrected chi connectivity index (χ2v) is 7.18. The molecule has 9 heteroatoms. The largest absolute Gasteiger partial charge is 0.494 e. The highest BCUT2D eigenvalue weighted by Crippen LogP contribution is 2.20. The maximum atomic E-state index is 12.4. The van der Waals surface area contributed by atoms with Crippen LogP contribution in [-0.2, 0) is 9.59 Å². The lowest BCUT2D eigenvalue weighted by Gasteiger charge is -2.32. The molecule has 162 valence electrons. The van der Waals surface area contributed by atoms with Crippen molar-refractivity contribution in [2.24, 2.45) is 0 Å². The average Bonchev–Trinajstić information content (AvgIpc) is 3.07. The lowest BCUT2D eigenvalue weighted by molar-refractivity contribution is -0.125. The number of ether oxygens (including phenoxy) is 2. The van der Waals surface area contributed by atoms with Gasteiger partial charge in [0.1, 0.15) is 17.3 Å². The van der Waals surface area contributed by atoms with Crippen molar-refractivity contribution in [1.82, 2.24) is 20.4 Å². The topological polar surface area (TPSA) is 107 Å². The summed E-state index contributed by atoms with van der Waals surface area (Å²) in [5, 5.41) is 13.5. The van der Waals surface area contributed by atoms with Crippen molar-refractivity contribution in [3.63, 3.8) is 0 Å². The average molecular weight is 415 g/mol. The number of carbonyl (C=O) groups excluding carboxylic acids is 2. The van der Waals surface area contributed by atoms with Gasteiger partial charge in [0.2, 0.25) is 5.91 Å². The number of hydrogen-bond acceptors (Lipinski definition) is 6. The predicted molar refractivity (Wildman–Crippen MR) is 112 cm³/mol. The number of aryl methyl sites for hydroxylation is 1. The van der Waals surface area contributed by atoms with E-state index in [2.05, 4.69) is 28.0 Å². The Hall–Kier alpha value is -3.07. The Balaban J connectivity index is 1.61. The fraction of sp³-hybridized carbons (Fsp3) is 0.476. The second kappa shape index (κ2) is 10.1. The van der Waals surface area contributed by atoms with Crippen molar-refractivity contribution in [2.45, 2.75) is 52.4 Å². The number of hydrogen-bond donors (Lipinski definition) is 3. The fourth-order valence-electron chi connectivity index (χ4n) is 3.36. The Bertz CT molecular complexity index is 865. The fourth-order valence-corrected chi connectivity index (χ4v) is 3.36. The van der Waals surface area contributed by atoms with Gasteiger partial charge in [-0.1, -0.05) is 13.3 Å². The summed E-state index contributed by atoms with van der Waals surface area (Å²) >= 11 is 0. The van der Waals surface area contributed by atoms with Gasteiger partial charge in [0.15, 0.2) is 12.9 Å². The monoisotopic (exact) mass is 415 g/mol. The van der Waals surface area contributed by atoms with E-state index < -0.39 is 6.29 Å². The van der Waals surface area contributed by atoms with Crippen molar-refractivity contribution >= 4 is 17.6 Å². The molecule has 2 atom stereocenters. The Morgan fingerprint density at radius 2 is 1.93 bits per heavy atom. The summed E-state index contributed by atoms with van der Waals surface area (Å²) in [4.78, 5) is 24.5. The van der Waals surface area contributed by atoms with Crippen LogP contribution in [0, 0.1) is 6.92 Å². The lowest BCUT2D eigenvalue weighted by atomic mass is 10.1. The van der Waals surface area contributed by atoms with Gasteiger partial charge < -0.3 is 20.1 Å². The lowest BCUT2D eigenvalue weighted by Crippen LogP contribution is -2.53. The number of aromatic nitrogens is 2. The molecule has 1 saturated heterocycles. The molecule has 2 unspecified atom stereocenters. The minimum atomic E-state index is -0.515. The van der Waals surface area contributed by atoms with Crippen LogP contribution in [0.4, 0.5) is 5.82 Å². The van der Waals surface area contributed by atoms with Crippen molar-refractivity contribution < 1.29 is 19.1 Å². The molecular formula is C21H29N5O4. The molecule has 0 bridgehead atoms. The van der Waals surface area contributed by atoms with E-state index in [1.807, 2.05) is 13.8 Å². The van der Waals surface area contributed by atoms with E-state index in [0.29, 0.717) is 24.6 Å². The van der Waals surface area contributed by atoms with Crippen LogP contribution in [-0.4, -0.2) is 40.9 Å².